The van der Waals surface area contributed by atoms with E-state index in [0.717, 1.165) is 32.1 Å². The topological polar surface area (TPSA) is 86.2 Å². The van der Waals surface area contributed by atoms with Crippen LogP contribution in [0, 0.1) is 5.41 Å². The number of nitrogens with two attached hydrogens (primary N) is 2. The Labute approximate surface area is 173 Å². The predicted molar refractivity (Wildman–Crippen MR) is 118 cm³/mol. The zero-order chi connectivity index (χ0) is 20.5. The summed E-state index contributed by atoms with van der Waals surface area (Å²) in [4.78, 5) is 22.7. The molecule has 0 unspecified atom stereocenters. The minimum absolute atomic E-state index is 0.0396. The summed E-state index contributed by atoms with van der Waals surface area (Å²) < 4.78 is 0. The summed E-state index contributed by atoms with van der Waals surface area (Å²) in [6, 6.07) is 0. The van der Waals surface area contributed by atoms with E-state index in [-0.39, 0.29) is 17.2 Å². The first kappa shape index (κ1) is 25.0. The van der Waals surface area contributed by atoms with E-state index in [9.17, 15) is 9.59 Å². The molecular weight excluding hydrogens is 348 g/mol. The molecule has 28 heavy (non-hydrogen) atoms. The van der Waals surface area contributed by atoms with E-state index in [2.05, 4.69) is 0 Å². The van der Waals surface area contributed by atoms with E-state index < -0.39 is 0 Å². The first-order valence-electron chi connectivity index (χ1n) is 12.1. The second kappa shape index (κ2) is 15.8. The van der Waals surface area contributed by atoms with Gasteiger partial charge in [0, 0.05) is 11.8 Å². The molecule has 1 rings (SSSR count). The maximum Gasteiger partial charge on any atom is 0.223 e. The molecule has 1 aliphatic carbocycles. The predicted octanol–water partition coefficient (Wildman–Crippen LogP) is 6.15. The summed E-state index contributed by atoms with van der Waals surface area (Å²) in [6.07, 6.45) is 24.9. The molecule has 0 aromatic rings. The molecule has 0 radical (unpaired) electrons. The fourth-order valence-corrected chi connectivity index (χ4v) is 4.73. The van der Waals surface area contributed by atoms with Gasteiger partial charge in [0.2, 0.25) is 11.8 Å². The molecule has 0 aromatic heterocycles. The second-order valence-electron chi connectivity index (χ2n) is 9.12. The summed E-state index contributed by atoms with van der Waals surface area (Å²) in [5, 5.41) is 0. The van der Waals surface area contributed by atoms with Crippen molar-refractivity contribution in [1.82, 2.24) is 0 Å². The van der Waals surface area contributed by atoms with Crippen molar-refractivity contribution in [2.24, 2.45) is 16.9 Å². The van der Waals surface area contributed by atoms with Crippen LogP contribution in [0.15, 0.2) is 0 Å². The molecule has 1 saturated carbocycles. The number of hydrogen-bond acceptors (Lipinski definition) is 2. The molecule has 0 aliphatic heterocycles. The average Bonchev–Trinajstić information content (AvgIpc) is 2.91. The van der Waals surface area contributed by atoms with Crippen LogP contribution in [0.3, 0.4) is 0 Å². The van der Waals surface area contributed by atoms with E-state index in [1.807, 2.05) is 0 Å². The number of carbonyl (C=O) groups excluding carboxylic acids is 2. The molecule has 4 N–H and O–H groups in total. The van der Waals surface area contributed by atoms with Gasteiger partial charge in [-0.25, -0.2) is 0 Å². The van der Waals surface area contributed by atoms with Gasteiger partial charge in [-0.3, -0.25) is 9.59 Å². The van der Waals surface area contributed by atoms with Gasteiger partial charge in [-0.2, -0.15) is 0 Å². The molecule has 1 fully saturated rings. The van der Waals surface area contributed by atoms with Crippen LogP contribution in [0.25, 0.3) is 0 Å². The lowest BCUT2D eigenvalue weighted by molar-refractivity contribution is -0.129. The van der Waals surface area contributed by atoms with Gasteiger partial charge in [0.25, 0.3) is 0 Å². The van der Waals surface area contributed by atoms with Crippen molar-refractivity contribution in [2.45, 2.75) is 135 Å². The SMILES string of the molecule is NC(=O)CCCCCCCCCCCCCCCC1(C(N)=O)CCCCCC1. The third-order valence-corrected chi connectivity index (χ3v) is 6.66. The minimum atomic E-state index is -0.184. The Morgan fingerprint density at radius 3 is 1.36 bits per heavy atom. The summed E-state index contributed by atoms with van der Waals surface area (Å²) in [5.74, 6) is -0.209. The number of carbonyl (C=O) groups is 2. The lowest BCUT2D eigenvalue weighted by Gasteiger charge is -2.29. The van der Waals surface area contributed by atoms with Crippen molar-refractivity contribution in [3.8, 4) is 0 Å². The highest BCUT2D eigenvalue weighted by atomic mass is 16.1. The number of primary amides is 2. The summed E-state index contributed by atoms with van der Waals surface area (Å²) in [6.45, 7) is 0. The number of unbranched alkanes of at least 4 members (excludes halogenated alkanes) is 12. The average molecular weight is 395 g/mol. The Hall–Kier alpha value is -1.06. The summed E-state index contributed by atoms with van der Waals surface area (Å²) in [5.41, 5.74) is 10.7. The highest BCUT2D eigenvalue weighted by Crippen LogP contribution is 2.39. The van der Waals surface area contributed by atoms with Gasteiger partial charge in [-0.05, 0) is 25.7 Å². The fourth-order valence-electron chi connectivity index (χ4n) is 4.73. The van der Waals surface area contributed by atoms with Crippen LogP contribution in [-0.2, 0) is 9.59 Å². The first-order valence-corrected chi connectivity index (χ1v) is 12.1. The Morgan fingerprint density at radius 2 is 0.964 bits per heavy atom. The van der Waals surface area contributed by atoms with E-state index in [0.29, 0.717) is 6.42 Å². The van der Waals surface area contributed by atoms with Crippen molar-refractivity contribution < 1.29 is 9.59 Å². The highest BCUT2D eigenvalue weighted by molar-refractivity contribution is 5.80. The Bertz CT molecular complexity index is 415. The third-order valence-electron chi connectivity index (χ3n) is 6.66. The van der Waals surface area contributed by atoms with Gasteiger partial charge in [-0.1, -0.05) is 103 Å². The monoisotopic (exact) mass is 394 g/mol. The van der Waals surface area contributed by atoms with Crippen LogP contribution in [0.4, 0.5) is 0 Å². The Morgan fingerprint density at radius 1 is 0.571 bits per heavy atom. The first-order chi connectivity index (χ1) is 13.6. The maximum absolute atomic E-state index is 12.0. The number of hydrogen-bond donors (Lipinski definition) is 2. The van der Waals surface area contributed by atoms with Crippen molar-refractivity contribution >= 4 is 11.8 Å². The Balaban J connectivity index is 1.89. The minimum Gasteiger partial charge on any atom is -0.370 e. The van der Waals surface area contributed by atoms with E-state index in [1.165, 1.54) is 96.3 Å². The second-order valence-corrected chi connectivity index (χ2v) is 9.12. The van der Waals surface area contributed by atoms with Crippen LogP contribution in [0.5, 0.6) is 0 Å². The van der Waals surface area contributed by atoms with Gasteiger partial charge in [0.05, 0.1) is 0 Å². The molecule has 0 aromatic carbocycles. The molecule has 0 spiro atoms. The van der Waals surface area contributed by atoms with Crippen LogP contribution < -0.4 is 11.5 Å². The standard InChI is InChI=1S/C24H46N2O2/c25-22(27)18-14-10-8-6-4-2-1-3-5-7-9-11-15-19-24(23(26)28)20-16-12-13-17-21-24/h1-21H2,(H2,25,27)(H2,26,28). The van der Waals surface area contributed by atoms with Gasteiger partial charge in [-0.15, -0.1) is 0 Å². The highest BCUT2D eigenvalue weighted by Gasteiger charge is 2.35. The normalized spacial score (nSPS) is 16.6. The smallest absolute Gasteiger partial charge is 0.223 e. The van der Waals surface area contributed by atoms with Crippen molar-refractivity contribution in [3.05, 3.63) is 0 Å². The van der Waals surface area contributed by atoms with Crippen LogP contribution in [0.1, 0.15) is 135 Å². The lowest BCUT2D eigenvalue weighted by atomic mass is 9.75. The maximum atomic E-state index is 12.0. The van der Waals surface area contributed by atoms with Gasteiger partial charge < -0.3 is 11.5 Å². The molecule has 4 heteroatoms. The zero-order valence-corrected chi connectivity index (χ0v) is 18.3. The number of amides is 2. The van der Waals surface area contributed by atoms with Crippen LogP contribution in [0.2, 0.25) is 0 Å². The van der Waals surface area contributed by atoms with Crippen molar-refractivity contribution in [3.63, 3.8) is 0 Å². The molecule has 2 amide bonds. The quantitative estimate of drug-likeness (QED) is 0.229. The molecule has 0 atom stereocenters. The molecule has 0 bridgehead atoms. The molecule has 0 heterocycles. The van der Waals surface area contributed by atoms with Crippen molar-refractivity contribution in [2.75, 3.05) is 0 Å². The van der Waals surface area contributed by atoms with E-state index in [4.69, 9.17) is 11.5 Å². The van der Waals surface area contributed by atoms with E-state index >= 15 is 0 Å². The van der Waals surface area contributed by atoms with Crippen LogP contribution in [-0.4, -0.2) is 11.8 Å². The fraction of sp³-hybridized carbons (Fsp3) is 0.917. The Kier molecular flexibility index (Phi) is 14.1. The molecule has 4 nitrogen and oxygen atoms in total. The van der Waals surface area contributed by atoms with Gasteiger partial charge in [0.15, 0.2) is 0 Å². The van der Waals surface area contributed by atoms with E-state index in [1.54, 1.807) is 0 Å². The van der Waals surface area contributed by atoms with Gasteiger partial charge in [0.1, 0.15) is 0 Å². The van der Waals surface area contributed by atoms with Crippen LogP contribution >= 0.6 is 0 Å². The third kappa shape index (κ3) is 11.7. The number of rotatable bonds is 17. The zero-order valence-electron chi connectivity index (χ0n) is 18.3. The molecular formula is C24H46N2O2. The molecule has 0 saturated heterocycles. The summed E-state index contributed by atoms with van der Waals surface area (Å²) in [7, 11) is 0. The molecule has 164 valence electrons. The molecule has 1 aliphatic rings. The summed E-state index contributed by atoms with van der Waals surface area (Å²) >= 11 is 0. The van der Waals surface area contributed by atoms with Gasteiger partial charge >= 0.3 is 0 Å². The van der Waals surface area contributed by atoms with Crippen molar-refractivity contribution in [1.29, 1.82) is 0 Å². The lowest BCUT2D eigenvalue weighted by Crippen LogP contribution is -2.36. The largest absolute Gasteiger partial charge is 0.370 e.